The zero-order valence-corrected chi connectivity index (χ0v) is 18.2. The molecule has 0 unspecified atom stereocenters. The summed E-state index contributed by atoms with van der Waals surface area (Å²) in [5.41, 5.74) is 0.439. The van der Waals surface area contributed by atoms with E-state index in [0.29, 0.717) is 12.3 Å². The van der Waals surface area contributed by atoms with E-state index in [-0.39, 0.29) is 30.2 Å². The molecule has 6 heteroatoms. The Bertz CT molecular complexity index is 845. The normalized spacial score (nSPS) is 46.0. The highest BCUT2D eigenvalue weighted by atomic mass is 16.3. The van der Waals surface area contributed by atoms with Crippen molar-refractivity contribution in [3.63, 3.8) is 0 Å². The summed E-state index contributed by atoms with van der Waals surface area (Å²) < 4.78 is 0. The molecule has 0 aromatic heterocycles. The highest BCUT2D eigenvalue weighted by Gasteiger charge is 2.72. The monoisotopic (exact) mass is 415 g/mol. The molecule has 0 radical (unpaired) electrons. The van der Waals surface area contributed by atoms with Gasteiger partial charge in [0, 0.05) is 23.8 Å². The van der Waals surface area contributed by atoms with Crippen molar-refractivity contribution in [2.24, 2.45) is 40.9 Å². The van der Waals surface area contributed by atoms with Gasteiger partial charge in [0.15, 0.2) is 11.6 Å². The fourth-order valence-electron chi connectivity index (χ4n) is 6.87. The topological polar surface area (TPSA) is 104 Å². The molecule has 4 aliphatic rings. The van der Waals surface area contributed by atoms with Crippen LogP contribution in [0.5, 0.6) is 0 Å². The van der Waals surface area contributed by atoms with E-state index in [9.17, 15) is 24.6 Å². The van der Waals surface area contributed by atoms with Crippen molar-refractivity contribution in [3.05, 3.63) is 23.8 Å². The fourth-order valence-corrected chi connectivity index (χ4v) is 6.87. The third-order valence-corrected chi connectivity index (χ3v) is 8.26. The van der Waals surface area contributed by atoms with Crippen molar-refractivity contribution in [1.29, 1.82) is 0 Å². The number of nitrogens with one attached hydrogen (secondary N) is 1. The largest absolute Gasteiger partial charge is 0.385 e. The van der Waals surface area contributed by atoms with E-state index < -0.39 is 46.9 Å². The lowest BCUT2D eigenvalue weighted by Crippen LogP contribution is -2.65. The SMILES string of the molecule is C=C1CC[C@@H](O)C(=O)[C@H]2[C@H]1[C@H]1C=C(C)[C@@H](C)[C@H]3[C@H](CC(C)C)NC(=O)[C@]31C(=O)[C@@H]2O. The number of aliphatic hydroxyl groups is 2. The molecular formula is C24H33NO5. The van der Waals surface area contributed by atoms with E-state index in [4.69, 9.17) is 0 Å². The minimum atomic E-state index is -1.60. The number of hydrogen-bond acceptors (Lipinski definition) is 5. The van der Waals surface area contributed by atoms with Crippen LogP contribution in [0.2, 0.25) is 0 Å². The minimum absolute atomic E-state index is 0.00279. The zero-order chi connectivity index (χ0) is 22.1. The number of allylic oxidation sites excluding steroid dienone is 3. The predicted molar refractivity (Wildman–Crippen MR) is 111 cm³/mol. The van der Waals surface area contributed by atoms with E-state index in [1.165, 1.54) is 0 Å². The summed E-state index contributed by atoms with van der Waals surface area (Å²) in [6.45, 7) is 12.4. The number of Topliss-reactive ketones (excluding diaryl/α,β-unsaturated/α-hetero) is 2. The lowest BCUT2D eigenvalue weighted by atomic mass is 9.46. The van der Waals surface area contributed by atoms with Crippen molar-refractivity contribution >= 4 is 17.5 Å². The predicted octanol–water partition coefficient (Wildman–Crippen LogP) is 1.80. The Morgan fingerprint density at radius 1 is 1.23 bits per heavy atom. The molecule has 1 saturated heterocycles. The Morgan fingerprint density at radius 2 is 1.90 bits per heavy atom. The molecule has 2 saturated carbocycles. The first-order valence-electron chi connectivity index (χ1n) is 11.1. The van der Waals surface area contributed by atoms with Crippen LogP contribution in [0.15, 0.2) is 23.8 Å². The van der Waals surface area contributed by atoms with Crippen LogP contribution in [0.3, 0.4) is 0 Å². The van der Waals surface area contributed by atoms with Crippen LogP contribution in [0.1, 0.15) is 47.0 Å². The summed E-state index contributed by atoms with van der Waals surface area (Å²) in [5.74, 6) is -3.45. The van der Waals surface area contributed by atoms with Gasteiger partial charge in [-0.1, -0.05) is 44.6 Å². The van der Waals surface area contributed by atoms with Crippen LogP contribution in [-0.2, 0) is 14.4 Å². The molecule has 1 spiro atoms. The fraction of sp³-hybridized carbons (Fsp3) is 0.708. The Hall–Kier alpha value is -1.79. The van der Waals surface area contributed by atoms with Crippen molar-refractivity contribution in [2.75, 3.05) is 0 Å². The van der Waals surface area contributed by atoms with E-state index >= 15 is 0 Å². The molecule has 0 bridgehead atoms. The maximum Gasteiger partial charge on any atom is 0.235 e. The maximum atomic E-state index is 13.8. The first-order valence-corrected chi connectivity index (χ1v) is 11.1. The highest BCUT2D eigenvalue weighted by molar-refractivity contribution is 6.13. The average Bonchev–Trinajstić information content (AvgIpc) is 2.90. The number of amides is 1. The number of carbonyl (C=O) groups is 3. The first-order chi connectivity index (χ1) is 14.0. The third kappa shape index (κ3) is 2.65. The van der Waals surface area contributed by atoms with Gasteiger partial charge >= 0.3 is 0 Å². The number of aliphatic hydroxyl groups excluding tert-OH is 2. The van der Waals surface area contributed by atoms with Crippen LogP contribution in [0.4, 0.5) is 0 Å². The van der Waals surface area contributed by atoms with Gasteiger partial charge in [0.05, 0.1) is 5.92 Å². The van der Waals surface area contributed by atoms with Gasteiger partial charge < -0.3 is 15.5 Å². The number of ketones is 2. The van der Waals surface area contributed by atoms with E-state index in [1.807, 2.05) is 19.9 Å². The number of carbonyl (C=O) groups excluding carboxylic acids is 3. The van der Waals surface area contributed by atoms with Crippen molar-refractivity contribution in [1.82, 2.24) is 5.32 Å². The second-order valence-corrected chi connectivity index (χ2v) is 10.3. The molecule has 1 aliphatic heterocycles. The van der Waals surface area contributed by atoms with Gasteiger partial charge in [-0.15, -0.1) is 0 Å². The molecule has 4 rings (SSSR count). The first kappa shape index (κ1) is 21.4. The maximum absolute atomic E-state index is 13.8. The third-order valence-electron chi connectivity index (χ3n) is 8.26. The molecule has 1 amide bonds. The summed E-state index contributed by atoms with van der Waals surface area (Å²) in [5, 5.41) is 24.5. The Morgan fingerprint density at radius 3 is 2.53 bits per heavy atom. The standard InChI is InChI=1S/C24H33NO5/c1-10(2)8-15-19-13(5)12(4)9-14-17-11(3)6-7-16(26)20(27)18(17)21(28)22(29)24(14,19)23(30)25-15/h9-10,13-19,21,26,28H,3,6-8H2,1-2,4-5H3,(H,25,30)/t13-,14-,15+,16-,17-,18-,19+,21-,24+/m1/s1. The molecule has 1 heterocycles. The summed E-state index contributed by atoms with van der Waals surface area (Å²) in [4.78, 5) is 40.3. The van der Waals surface area contributed by atoms with Gasteiger partial charge in [0.2, 0.25) is 5.91 Å². The van der Waals surface area contributed by atoms with Crippen molar-refractivity contribution in [2.45, 2.75) is 65.2 Å². The van der Waals surface area contributed by atoms with Crippen LogP contribution < -0.4 is 5.32 Å². The molecular weight excluding hydrogens is 382 g/mol. The van der Waals surface area contributed by atoms with E-state index in [2.05, 4.69) is 25.7 Å². The van der Waals surface area contributed by atoms with Gasteiger partial charge in [0.1, 0.15) is 17.6 Å². The molecule has 164 valence electrons. The summed E-state index contributed by atoms with van der Waals surface area (Å²) in [6.07, 6.45) is 0.576. The Labute approximate surface area is 177 Å². The van der Waals surface area contributed by atoms with Crippen LogP contribution >= 0.6 is 0 Å². The van der Waals surface area contributed by atoms with Gasteiger partial charge in [0.25, 0.3) is 0 Å². The van der Waals surface area contributed by atoms with Crippen LogP contribution in [0.25, 0.3) is 0 Å². The molecule has 30 heavy (non-hydrogen) atoms. The second kappa shape index (κ2) is 7.13. The van der Waals surface area contributed by atoms with Gasteiger partial charge in [-0.25, -0.2) is 0 Å². The second-order valence-electron chi connectivity index (χ2n) is 10.3. The van der Waals surface area contributed by atoms with Crippen molar-refractivity contribution < 1.29 is 24.6 Å². The Kier molecular flexibility index (Phi) is 5.09. The Balaban J connectivity index is 1.93. The van der Waals surface area contributed by atoms with E-state index in [0.717, 1.165) is 17.6 Å². The molecule has 3 N–H and O–H groups in total. The summed E-state index contributed by atoms with van der Waals surface area (Å²) in [7, 11) is 0. The molecule has 3 aliphatic carbocycles. The highest BCUT2D eigenvalue weighted by Crippen LogP contribution is 2.62. The quantitative estimate of drug-likeness (QED) is 0.471. The van der Waals surface area contributed by atoms with Crippen molar-refractivity contribution in [3.8, 4) is 0 Å². The van der Waals surface area contributed by atoms with Gasteiger partial charge in [-0.3, -0.25) is 14.4 Å². The molecule has 0 aromatic rings. The smallest absolute Gasteiger partial charge is 0.235 e. The summed E-state index contributed by atoms with van der Waals surface area (Å²) in [6, 6.07) is -0.160. The molecule has 0 aromatic carbocycles. The lowest BCUT2D eigenvalue weighted by Gasteiger charge is -2.54. The van der Waals surface area contributed by atoms with E-state index in [1.54, 1.807) is 0 Å². The zero-order valence-electron chi connectivity index (χ0n) is 18.2. The van der Waals surface area contributed by atoms with Gasteiger partial charge in [-0.05, 0) is 38.0 Å². The number of hydrogen-bond donors (Lipinski definition) is 3. The lowest BCUT2D eigenvalue weighted by molar-refractivity contribution is -0.170. The van der Waals surface area contributed by atoms with Crippen LogP contribution in [-0.4, -0.2) is 45.9 Å². The minimum Gasteiger partial charge on any atom is -0.385 e. The molecule has 3 fully saturated rings. The van der Waals surface area contributed by atoms with Gasteiger partial charge in [-0.2, -0.15) is 0 Å². The average molecular weight is 416 g/mol. The number of fused-ring (bicyclic) bond motifs is 2. The summed E-state index contributed by atoms with van der Waals surface area (Å²) >= 11 is 0. The number of rotatable bonds is 2. The van der Waals surface area contributed by atoms with Crippen LogP contribution in [0, 0.1) is 40.9 Å². The molecule has 9 atom stereocenters. The molecule has 6 nitrogen and oxygen atoms in total.